The van der Waals surface area contributed by atoms with Gasteiger partial charge in [-0.15, -0.1) is 0 Å². The highest BCUT2D eigenvalue weighted by Crippen LogP contribution is 2.09. The molecule has 0 amide bonds. The third-order valence-electron chi connectivity index (χ3n) is 1.43. The quantitative estimate of drug-likeness (QED) is 0.728. The lowest BCUT2D eigenvalue weighted by Gasteiger charge is -2.01. The van der Waals surface area contributed by atoms with Crippen LogP contribution in [-0.2, 0) is 16.1 Å². The van der Waals surface area contributed by atoms with Gasteiger partial charge in [-0.2, -0.15) is 0 Å². The third-order valence-corrected chi connectivity index (χ3v) is 1.43. The number of aliphatic carboxylic acids is 1. The lowest BCUT2D eigenvalue weighted by molar-refractivity contribution is -0.142. The van der Waals surface area contributed by atoms with Crippen molar-refractivity contribution >= 4 is 5.97 Å². The summed E-state index contributed by atoms with van der Waals surface area (Å²) in [7, 11) is 0. The number of ether oxygens (including phenoxy) is 1. The Hall–Kier alpha value is -1.55. The predicted molar refractivity (Wildman–Crippen MR) is 45.4 cm³/mol. The van der Waals surface area contributed by atoms with E-state index in [2.05, 4.69) is 0 Å². The highest BCUT2D eigenvalue weighted by Gasteiger charge is 1.97. The van der Waals surface area contributed by atoms with Gasteiger partial charge >= 0.3 is 5.97 Å². The Balaban J connectivity index is 2.37. The molecular weight excluding hydrogens is 172 g/mol. The zero-order valence-electron chi connectivity index (χ0n) is 6.93. The lowest BCUT2D eigenvalue weighted by atomic mass is 10.2. The average Bonchev–Trinajstić information content (AvgIpc) is 2.08. The summed E-state index contributed by atoms with van der Waals surface area (Å²) in [6.07, 6.45) is 0. The van der Waals surface area contributed by atoms with Crippen LogP contribution in [0.2, 0.25) is 0 Å². The minimum Gasteiger partial charge on any atom is -0.508 e. The molecule has 1 aromatic carbocycles. The molecule has 1 aromatic rings. The summed E-state index contributed by atoms with van der Waals surface area (Å²) in [5.74, 6) is -0.805. The van der Waals surface area contributed by atoms with Crippen LogP contribution in [0.1, 0.15) is 5.56 Å². The minimum atomic E-state index is -0.987. The number of phenols is 1. The summed E-state index contributed by atoms with van der Waals surface area (Å²) >= 11 is 0. The maximum atomic E-state index is 10.1. The molecule has 0 fully saturated rings. The number of aromatic hydroxyl groups is 1. The van der Waals surface area contributed by atoms with Crippen LogP contribution in [0.5, 0.6) is 5.75 Å². The van der Waals surface area contributed by atoms with Crippen molar-refractivity contribution in [2.24, 2.45) is 0 Å². The molecule has 0 bridgehead atoms. The first-order chi connectivity index (χ1) is 6.18. The van der Waals surface area contributed by atoms with Gasteiger partial charge in [-0.3, -0.25) is 0 Å². The smallest absolute Gasteiger partial charge is 0.329 e. The second kappa shape index (κ2) is 4.47. The van der Waals surface area contributed by atoms with E-state index in [9.17, 15) is 4.79 Å². The number of carboxylic acid groups (broad SMARTS) is 1. The molecule has 0 unspecified atom stereocenters. The molecule has 0 saturated heterocycles. The summed E-state index contributed by atoms with van der Waals surface area (Å²) in [5, 5.41) is 17.2. The fraction of sp³-hybridized carbons (Fsp3) is 0.222. The summed E-state index contributed by atoms with van der Waals surface area (Å²) in [4.78, 5) is 10.1. The maximum Gasteiger partial charge on any atom is 0.329 e. The maximum absolute atomic E-state index is 10.1. The monoisotopic (exact) mass is 182 g/mol. The van der Waals surface area contributed by atoms with E-state index >= 15 is 0 Å². The second-order valence-electron chi connectivity index (χ2n) is 2.55. The van der Waals surface area contributed by atoms with Crippen molar-refractivity contribution in [3.8, 4) is 5.75 Å². The number of rotatable bonds is 4. The Morgan fingerprint density at radius 1 is 1.31 bits per heavy atom. The first-order valence-electron chi connectivity index (χ1n) is 3.76. The second-order valence-corrected chi connectivity index (χ2v) is 2.55. The zero-order valence-corrected chi connectivity index (χ0v) is 6.93. The molecular formula is C9H10O4. The molecule has 0 radical (unpaired) electrons. The first kappa shape index (κ1) is 9.54. The van der Waals surface area contributed by atoms with E-state index in [1.165, 1.54) is 12.1 Å². The van der Waals surface area contributed by atoms with E-state index in [1.807, 2.05) is 0 Å². The topological polar surface area (TPSA) is 66.8 Å². The third kappa shape index (κ3) is 3.57. The van der Waals surface area contributed by atoms with E-state index in [4.69, 9.17) is 14.9 Å². The number of benzene rings is 1. The van der Waals surface area contributed by atoms with Crippen LogP contribution in [0.15, 0.2) is 24.3 Å². The highest BCUT2D eigenvalue weighted by atomic mass is 16.5. The lowest BCUT2D eigenvalue weighted by Crippen LogP contribution is -2.06. The molecule has 0 aromatic heterocycles. The van der Waals surface area contributed by atoms with E-state index in [1.54, 1.807) is 12.1 Å². The molecule has 13 heavy (non-hydrogen) atoms. The van der Waals surface area contributed by atoms with Crippen molar-refractivity contribution in [1.29, 1.82) is 0 Å². The van der Waals surface area contributed by atoms with Crippen molar-refractivity contribution in [1.82, 2.24) is 0 Å². The van der Waals surface area contributed by atoms with Crippen LogP contribution < -0.4 is 0 Å². The highest BCUT2D eigenvalue weighted by molar-refractivity contribution is 5.67. The molecule has 0 spiro atoms. The van der Waals surface area contributed by atoms with Gasteiger partial charge in [0.25, 0.3) is 0 Å². The van der Waals surface area contributed by atoms with E-state index < -0.39 is 5.97 Å². The normalized spacial score (nSPS) is 9.85. The van der Waals surface area contributed by atoms with Crippen LogP contribution in [0.4, 0.5) is 0 Å². The Bertz CT molecular complexity index is 278. The van der Waals surface area contributed by atoms with E-state index in [-0.39, 0.29) is 19.0 Å². The Morgan fingerprint density at radius 2 is 1.92 bits per heavy atom. The standard InChI is InChI=1S/C9H10O4/c10-8-3-1-7(2-4-8)5-13-6-9(11)12/h1-4,10H,5-6H2,(H,11,12). The number of hydrogen-bond acceptors (Lipinski definition) is 3. The van der Waals surface area contributed by atoms with Crippen molar-refractivity contribution in [3.63, 3.8) is 0 Å². The van der Waals surface area contributed by atoms with Gasteiger partial charge in [-0.05, 0) is 17.7 Å². The SMILES string of the molecule is O=C(O)COCc1ccc(O)cc1. The van der Waals surface area contributed by atoms with Gasteiger partial charge in [0, 0.05) is 0 Å². The summed E-state index contributed by atoms with van der Waals surface area (Å²) in [5.41, 5.74) is 0.832. The fourth-order valence-corrected chi connectivity index (χ4v) is 0.848. The summed E-state index contributed by atoms with van der Waals surface area (Å²) in [6, 6.07) is 6.41. The Labute approximate surface area is 75.4 Å². The van der Waals surface area contributed by atoms with Crippen molar-refractivity contribution in [2.75, 3.05) is 6.61 Å². The van der Waals surface area contributed by atoms with Crippen LogP contribution in [0.3, 0.4) is 0 Å². The van der Waals surface area contributed by atoms with Crippen LogP contribution >= 0.6 is 0 Å². The molecule has 4 nitrogen and oxygen atoms in total. The van der Waals surface area contributed by atoms with Gasteiger partial charge in [-0.25, -0.2) is 4.79 Å². The van der Waals surface area contributed by atoms with Gasteiger partial charge in [0.15, 0.2) is 0 Å². The average molecular weight is 182 g/mol. The van der Waals surface area contributed by atoms with E-state index in [0.717, 1.165) is 5.56 Å². The van der Waals surface area contributed by atoms with Gasteiger partial charge in [0.1, 0.15) is 12.4 Å². The van der Waals surface area contributed by atoms with Gasteiger partial charge in [-0.1, -0.05) is 12.1 Å². The molecule has 0 aliphatic carbocycles. The minimum absolute atomic E-state index is 0.182. The molecule has 4 heteroatoms. The van der Waals surface area contributed by atoms with Crippen LogP contribution in [-0.4, -0.2) is 22.8 Å². The molecule has 2 N–H and O–H groups in total. The van der Waals surface area contributed by atoms with Crippen LogP contribution in [0, 0.1) is 0 Å². The fourth-order valence-electron chi connectivity index (χ4n) is 0.848. The molecule has 0 atom stereocenters. The molecule has 0 heterocycles. The van der Waals surface area contributed by atoms with Crippen molar-refractivity contribution in [2.45, 2.75) is 6.61 Å². The van der Waals surface area contributed by atoms with E-state index in [0.29, 0.717) is 0 Å². The van der Waals surface area contributed by atoms with Gasteiger partial charge in [0.2, 0.25) is 0 Å². The predicted octanol–water partition coefficient (Wildman–Crippen LogP) is 0.993. The molecule has 0 aliphatic rings. The Kier molecular flexibility index (Phi) is 3.28. The molecule has 70 valence electrons. The molecule has 0 aliphatic heterocycles. The first-order valence-corrected chi connectivity index (χ1v) is 3.76. The number of hydrogen-bond donors (Lipinski definition) is 2. The molecule has 0 saturated carbocycles. The number of carboxylic acids is 1. The number of phenolic OH excluding ortho intramolecular Hbond substituents is 1. The van der Waals surface area contributed by atoms with Crippen molar-refractivity contribution < 1.29 is 19.7 Å². The largest absolute Gasteiger partial charge is 0.508 e. The van der Waals surface area contributed by atoms with Gasteiger partial charge < -0.3 is 14.9 Å². The zero-order chi connectivity index (χ0) is 9.68. The number of carbonyl (C=O) groups is 1. The summed E-state index contributed by atoms with van der Waals surface area (Å²) < 4.78 is 4.84. The van der Waals surface area contributed by atoms with Crippen molar-refractivity contribution in [3.05, 3.63) is 29.8 Å². The van der Waals surface area contributed by atoms with Crippen LogP contribution in [0.25, 0.3) is 0 Å². The Morgan fingerprint density at radius 3 is 2.46 bits per heavy atom. The van der Waals surface area contributed by atoms with Gasteiger partial charge in [0.05, 0.1) is 6.61 Å². The summed E-state index contributed by atoms with van der Waals surface area (Å²) in [6.45, 7) is -0.0620. The molecule has 1 rings (SSSR count).